The van der Waals surface area contributed by atoms with Gasteiger partial charge >= 0.3 is 0 Å². The maximum Gasteiger partial charge on any atom is 0.171 e. The van der Waals surface area contributed by atoms with Crippen molar-refractivity contribution in [1.82, 2.24) is 5.16 Å². The fraction of sp³-hybridized carbons (Fsp3) is 0.133. The maximum atomic E-state index is 5.36. The Morgan fingerprint density at radius 1 is 0.947 bits per heavy atom. The van der Waals surface area contributed by atoms with E-state index in [1.165, 1.54) is 0 Å². The van der Waals surface area contributed by atoms with Crippen molar-refractivity contribution in [2.75, 3.05) is 14.2 Å². The number of fused-ring (bicyclic) bond motifs is 1. The van der Waals surface area contributed by atoms with Gasteiger partial charge in [-0.05, 0) is 6.07 Å². The molecule has 0 bridgehead atoms. The van der Waals surface area contributed by atoms with Crippen LogP contribution in [0.15, 0.2) is 47.0 Å². The lowest BCUT2D eigenvalue weighted by molar-refractivity contribution is 0.354. The second-order valence-electron chi connectivity index (χ2n) is 4.10. The van der Waals surface area contributed by atoms with Gasteiger partial charge in [-0.1, -0.05) is 35.5 Å². The third-order valence-electron chi connectivity index (χ3n) is 3.02. The Bertz CT molecular complexity index is 704. The van der Waals surface area contributed by atoms with Crippen LogP contribution in [0.1, 0.15) is 0 Å². The van der Waals surface area contributed by atoms with Gasteiger partial charge in [0.05, 0.1) is 19.6 Å². The Morgan fingerprint density at radius 3 is 2.32 bits per heavy atom. The lowest BCUT2D eigenvalue weighted by Gasteiger charge is -2.06. The summed E-state index contributed by atoms with van der Waals surface area (Å²) in [6.07, 6.45) is 0. The standard InChI is InChI=1S/C15H13NO3/c1-17-13-8-11-12(9-14(13)18-2)19-16-15(11)10-6-4-3-5-7-10/h3-9H,1-2H3. The minimum absolute atomic E-state index is 0.630. The summed E-state index contributed by atoms with van der Waals surface area (Å²) in [6, 6.07) is 13.6. The molecule has 0 aliphatic carbocycles. The van der Waals surface area contributed by atoms with Gasteiger partial charge in [0.15, 0.2) is 17.1 Å². The number of aromatic nitrogens is 1. The molecule has 3 rings (SSSR count). The lowest BCUT2D eigenvalue weighted by Crippen LogP contribution is -1.89. The Balaban J connectivity index is 2.23. The van der Waals surface area contributed by atoms with Crippen LogP contribution in [0.25, 0.3) is 22.2 Å². The van der Waals surface area contributed by atoms with Gasteiger partial charge in [0.1, 0.15) is 5.69 Å². The number of rotatable bonds is 3. The van der Waals surface area contributed by atoms with Crippen LogP contribution in [-0.2, 0) is 0 Å². The van der Waals surface area contributed by atoms with Crippen molar-refractivity contribution in [2.24, 2.45) is 0 Å². The fourth-order valence-corrected chi connectivity index (χ4v) is 2.07. The van der Waals surface area contributed by atoms with E-state index in [0.29, 0.717) is 17.1 Å². The maximum absolute atomic E-state index is 5.36. The molecule has 4 heteroatoms. The molecule has 3 aromatic rings. The number of hydrogen-bond donors (Lipinski definition) is 0. The molecule has 0 saturated carbocycles. The van der Waals surface area contributed by atoms with E-state index in [-0.39, 0.29) is 0 Å². The van der Waals surface area contributed by atoms with Crippen molar-refractivity contribution < 1.29 is 14.0 Å². The van der Waals surface area contributed by atoms with E-state index in [0.717, 1.165) is 16.6 Å². The molecule has 0 atom stereocenters. The second-order valence-corrected chi connectivity index (χ2v) is 4.10. The summed E-state index contributed by atoms with van der Waals surface area (Å²) in [5, 5.41) is 5.04. The minimum Gasteiger partial charge on any atom is -0.493 e. The van der Waals surface area contributed by atoms with Gasteiger partial charge in [-0.3, -0.25) is 0 Å². The normalized spacial score (nSPS) is 10.6. The van der Waals surface area contributed by atoms with Crippen LogP contribution in [0.2, 0.25) is 0 Å². The van der Waals surface area contributed by atoms with Gasteiger partial charge in [-0.2, -0.15) is 0 Å². The van der Waals surface area contributed by atoms with Gasteiger partial charge < -0.3 is 14.0 Å². The molecule has 19 heavy (non-hydrogen) atoms. The van der Waals surface area contributed by atoms with Crippen molar-refractivity contribution >= 4 is 11.0 Å². The molecule has 0 spiro atoms. The first-order valence-corrected chi connectivity index (χ1v) is 5.90. The Morgan fingerprint density at radius 2 is 1.63 bits per heavy atom. The first-order valence-electron chi connectivity index (χ1n) is 5.90. The summed E-state index contributed by atoms with van der Waals surface area (Å²) in [4.78, 5) is 0. The van der Waals surface area contributed by atoms with Crippen molar-refractivity contribution in [3.05, 3.63) is 42.5 Å². The summed E-state index contributed by atoms with van der Waals surface area (Å²) in [6.45, 7) is 0. The van der Waals surface area contributed by atoms with Gasteiger partial charge in [-0.15, -0.1) is 0 Å². The van der Waals surface area contributed by atoms with Gasteiger partial charge in [0.25, 0.3) is 0 Å². The average molecular weight is 255 g/mol. The predicted octanol–water partition coefficient (Wildman–Crippen LogP) is 3.51. The van der Waals surface area contributed by atoms with Crippen molar-refractivity contribution in [2.45, 2.75) is 0 Å². The smallest absolute Gasteiger partial charge is 0.171 e. The van der Waals surface area contributed by atoms with Crippen LogP contribution in [0.3, 0.4) is 0 Å². The quantitative estimate of drug-likeness (QED) is 0.718. The molecule has 0 aliphatic rings. The molecule has 1 aromatic heterocycles. The highest BCUT2D eigenvalue weighted by atomic mass is 16.5. The Labute approximate surface area is 110 Å². The minimum atomic E-state index is 0.630. The number of nitrogens with zero attached hydrogens (tertiary/aromatic N) is 1. The highest BCUT2D eigenvalue weighted by Gasteiger charge is 2.14. The van der Waals surface area contributed by atoms with E-state index in [2.05, 4.69) is 5.16 Å². The molecule has 1 heterocycles. The van der Waals surface area contributed by atoms with Crippen molar-refractivity contribution in [3.8, 4) is 22.8 Å². The van der Waals surface area contributed by atoms with Crippen LogP contribution >= 0.6 is 0 Å². The first kappa shape index (κ1) is 11.6. The van der Waals surface area contributed by atoms with E-state index in [4.69, 9.17) is 14.0 Å². The summed E-state index contributed by atoms with van der Waals surface area (Å²) in [7, 11) is 3.21. The zero-order chi connectivity index (χ0) is 13.2. The summed E-state index contributed by atoms with van der Waals surface area (Å²) >= 11 is 0. The zero-order valence-corrected chi connectivity index (χ0v) is 10.7. The van der Waals surface area contributed by atoms with Crippen LogP contribution in [0, 0.1) is 0 Å². The van der Waals surface area contributed by atoms with E-state index in [1.54, 1.807) is 20.3 Å². The van der Waals surface area contributed by atoms with Gasteiger partial charge in [0.2, 0.25) is 0 Å². The van der Waals surface area contributed by atoms with E-state index in [9.17, 15) is 0 Å². The van der Waals surface area contributed by atoms with Crippen molar-refractivity contribution in [1.29, 1.82) is 0 Å². The molecule has 0 aliphatic heterocycles. The van der Waals surface area contributed by atoms with E-state index in [1.807, 2.05) is 36.4 Å². The van der Waals surface area contributed by atoms with Gasteiger partial charge in [-0.25, -0.2) is 0 Å². The number of hydrogen-bond acceptors (Lipinski definition) is 4. The Hall–Kier alpha value is -2.49. The molecule has 0 amide bonds. The number of benzene rings is 2. The summed E-state index contributed by atoms with van der Waals surface area (Å²) in [5.41, 5.74) is 2.49. The molecular weight excluding hydrogens is 242 g/mol. The number of methoxy groups -OCH3 is 2. The van der Waals surface area contributed by atoms with Crippen LogP contribution in [0.5, 0.6) is 11.5 Å². The molecule has 2 aromatic carbocycles. The average Bonchev–Trinajstić information content (AvgIpc) is 2.89. The van der Waals surface area contributed by atoms with Crippen LogP contribution in [-0.4, -0.2) is 19.4 Å². The summed E-state index contributed by atoms with van der Waals surface area (Å²) in [5.74, 6) is 1.29. The van der Waals surface area contributed by atoms with E-state index >= 15 is 0 Å². The second kappa shape index (κ2) is 4.65. The van der Waals surface area contributed by atoms with Crippen LogP contribution < -0.4 is 9.47 Å². The topological polar surface area (TPSA) is 44.5 Å². The molecule has 0 radical (unpaired) electrons. The largest absolute Gasteiger partial charge is 0.493 e. The fourth-order valence-electron chi connectivity index (χ4n) is 2.07. The summed E-state index contributed by atoms with van der Waals surface area (Å²) < 4.78 is 15.9. The molecular formula is C15H13NO3. The van der Waals surface area contributed by atoms with Gasteiger partial charge in [0, 0.05) is 11.6 Å². The third kappa shape index (κ3) is 1.91. The monoisotopic (exact) mass is 255 g/mol. The zero-order valence-electron chi connectivity index (χ0n) is 10.7. The SMILES string of the molecule is COc1cc2onc(-c3ccccc3)c2cc1OC. The molecule has 0 N–H and O–H groups in total. The third-order valence-corrected chi connectivity index (χ3v) is 3.02. The molecule has 96 valence electrons. The predicted molar refractivity (Wildman–Crippen MR) is 72.5 cm³/mol. The molecule has 0 unspecified atom stereocenters. The van der Waals surface area contributed by atoms with E-state index < -0.39 is 0 Å². The first-order chi connectivity index (χ1) is 9.33. The molecule has 0 saturated heterocycles. The van der Waals surface area contributed by atoms with Crippen molar-refractivity contribution in [3.63, 3.8) is 0 Å². The highest BCUT2D eigenvalue weighted by molar-refractivity contribution is 5.93. The Kier molecular flexibility index (Phi) is 2.83. The number of ether oxygens (including phenoxy) is 2. The van der Waals surface area contributed by atoms with Crippen LogP contribution in [0.4, 0.5) is 0 Å². The lowest BCUT2D eigenvalue weighted by atomic mass is 10.1. The highest BCUT2D eigenvalue weighted by Crippen LogP contribution is 2.36. The molecule has 0 fully saturated rings. The molecule has 4 nitrogen and oxygen atoms in total.